The zero-order valence-corrected chi connectivity index (χ0v) is 13.8. The van der Waals surface area contributed by atoms with Gasteiger partial charge in [-0.15, -0.1) is 0 Å². The SMILES string of the molecule is CC(N)CCN(C)c1nc(N)nc(NC2CCCCCC2)n1. The minimum atomic E-state index is 0.158. The fourth-order valence-electron chi connectivity index (χ4n) is 2.72. The van der Waals surface area contributed by atoms with Gasteiger partial charge in [-0.2, -0.15) is 15.0 Å². The Hall–Kier alpha value is -1.63. The van der Waals surface area contributed by atoms with E-state index in [4.69, 9.17) is 11.5 Å². The number of nitrogens with zero attached hydrogens (tertiary/aromatic N) is 4. The standard InChI is InChI=1S/C15H29N7/c1-11(16)9-10-22(2)15-20-13(17)19-14(21-15)18-12-7-5-3-4-6-8-12/h11-12H,3-10,16H2,1-2H3,(H3,17,18,19,20,21). The Labute approximate surface area is 132 Å². The molecule has 0 bridgehead atoms. The summed E-state index contributed by atoms with van der Waals surface area (Å²) in [5, 5.41) is 3.43. The molecule has 0 aromatic carbocycles. The quantitative estimate of drug-likeness (QED) is 0.687. The normalized spacial score (nSPS) is 17.8. The van der Waals surface area contributed by atoms with Crippen LogP contribution >= 0.6 is 0 Å². The second-order valence-corrected chi connectivity index (χ2v) is 6.34. The first-order valence-electron chi connectivity index (χ1n) is 8.29. The molecule has 7 heteroatoms. The number of aromatic nitrogens is 3. The van der Waals surface area contributed by atoms with E-state index in [0.717, 1.165) is 13.0 Å². The Morgan fingerprint density at radius 3 is 2.50 bits per heavy atom. The van der Waals surface area contributed by atoms with Crippen molar-refractivity contribution in [3.05, 3.63) is 0 Å². The summed E-state index contributed by atoms with van der Waals surface area (Å²) in [6.07, 6.45) is 8.39. The van der Waals surface area contributed by atoms with Crippen molar-refractivity contribution in [2.45, 2.75) is 64.0 Å². The number of hydrogen-bond donors (Lipinski definition) is 3. The maximum absolute atomic E-state index is 5.84. The predicted octanol–water partition coefficient (Wildman–Crippen LogP) is 1.76. The molecule has 0 radical (unpaired) electrons. The van der Waals surface area contributed by atoms with Gasteiger partial charge < -0.3 is 21.7 Å². The van der Waals surface area contributed by atoms with Crippen LogP contribution in [0.3, 0.4) is 0 Å². The molecule has 1 atom stereocenters. The highest BCUT2D eigenvalue weighted by molar-refractivity contribution is 5.41. The molecule has 1 aliphatic rings. The molecule has 2 rings (SSSR count). The van der Waals surface area contributed by atoms with Crippen LogP contribution in [0, 0.1) is 0 Å². The van der Waals surface area contributed by atoms with Crippen LogP contribution in [0.4, 0.5) is 17.8 Å². The van der Waals surface area contributed by atoms with Gasteiger partial charge in [-0.3, -0.25) is 0 Å². The molecule has 1 unspecified atom stereocenters. The number of anilines is 3. The lowest BCUT2D eigenvalue weighted by Gasteiger charge is -2.20. The van der Waals surface area contributed by atoms with Gasteiger partial charge in [-0.25, -0.2) is 0 Å². The van der Waals surface area contributed by atoms with Crippen molar-refractivity contribution in [1.29, 1.82) is 0 Å². The second kappa shape index (κ2) is 8.12. The van der Waals surface area contributed by atoms with E-state index in [1.165, 1.54) is 38.5 Å². The first kappa shape index (κ1) is 16.7. The highest BCUT2D eigenvalue weighted by Gasteiger charge is 2.15. The van der Waals surface area contributed by atoms with E-state index in [1.807, 2.05) is 18.9 Å². The highest BCUT2D eigenvalue weighted by atomic mass is 15.3. The van der Waals surface area contributed by atoms with Crippen molar-refractivity contribution in [1.82, 2.24) is 15.0 Å². The van der Waals surface area contributed by atoms with Crippen molar-refractivity contribution in [2.75, 3.05) is 29.5 Å². The summed E-state index contributed by atoms with van der Waals surface area (Å²) in [5.74, 6) is 1.44. The zero-order valence-electron chi connectivity index (χ0n) is 13.8. The van der Waals surface area contributed by atoms with Crippen LogP contribution in [-0.4, -0.2) is 40.6 Å². The van der Waals surface area contributed by atoms with Crippen LogP contribution in [0.2, 0.25) is 0 Å². The Kier molecular flexibility index (Phi) is 6.18. The predicted molar refractivity (Wildman–Crippen MR) is 90.9 cm³/mol. The third kappa shape index (κ3) is 5.29. The molecule has 1 aromatic rings. The molecule has 0 aliphatic heterocycles. The van der Waals surface area contributed by atoms with Crippen LogP contribution in [0.25, 0.3) is 0 Å². The Morgan fingerprint density at radius 1 is 1.18 bits per heavy atom. The summed E-state index contributed by atoms with van der Waals surface area (Å²) >= 11 is 0. The molecule has 1 aromatic heterocycles. The van der Waals surface area contributed by atoms with E-state index in [9.17, 15) is 0 Å². The Bertz CT molecular complexity index is 455. The minimum Gasteiger partial charge on any atom is -0.368 e. The summed E-state index contributed by atoms with van der Waals surface area (Å²) in [6.45, 7) is 2.79. The van der Waals surface area contributed by atoms with Crippen molar-refractivity contribution >= 4 is 17.8 Å². The van der Waals surface area contributed by atoms with E-state index in [2.05, 4.69) is 20.3 Å². The molecule has 22 heavy (non-hydrogen) atoms. The summed E-state index contributed by atoms with van der Waals surface area (Å²) in [6, 6.07) is 0.594. The first-order valence-corrected chi connectivity index (χ1v) is 8.29. The largest absolute Gasteiger partial charge is 0.368 e. The molecule has 1 fully saturated rings. The average molecular weight is 307 g/mol. The molecule has 124 valence electrons. The number of rotatable bonds is 6. The molecule has 7 nitrogen and oxygen atoms in total. The van der Waals surface area contributed by atoms with E-state index in [-0.39, 0.29) is 12.0 Å². The lowest BCUT2D eigenvalue weighted by molar-refractivity contribution is 0.613. The molecule has 0 saturated heterocycles. The molecular weight excluding hydrogens is 278 g/mol. The smallest absolute Gasteiger partial charge is 0.231 e. The van der Waals surface area contributed by atoms with Crippen LogP contribution in [0.15, 0.2) is 0 Å². The highest BCUT2D eigenvalue weighted by Crippen LogP contribution is 2.20. The van der Waals surface area contributed by atoms with Gasteiger partial charge in [-0.1, -0.05) is 25.7 Å². The fourth-order valence-corrected chi connectivity index (χ4v) is 2.72. The zero-order chi connectivity index (χ0) is 15.9. The van der Waals surface area contributed by atoms with Crippen molar-refractivity contribution in [3.63, 3.8) is 0 Å². The van der Waals surface area contributed by atoms with Gasteiger partial charge in [0.1, 0.15) is 0 Å². The molecule has 1 saturated carbocycles. The summed E-state index contributed by atoms with van der Waals surface area (Å²) in [4.78, 5) is 14.9. The van der Waals surface area contributed by atoms with Crippen molar-refractivity contribution in [2.24, 2.45) is 5.73 Å². The number of nitrogens with two attached hydrogens (primary N) is 2. The fraction of sp³-hybridized carbons (Fsp3) is 0.800. The Morgan fingerprint density at radius 2 is 1.86 bits per heavy atom. The van der Waals surface area contributed by atoms with E-state index < -0.39 is 0 Å². The molecule has 0 amide bonds. The van der Waals surface area contributed by atoms with E-state index in [0.29, 0.717) is 17.9 Å². The van der Waals surface area contributed by atoms with Gasteiger partial charge in [0, 0.05) is 25.7 Å². The van der Waals surface area contributed by atoms with Gasteiger partial charge in [0.15, 0.2) is 0 Å². The molecule has 5 N–H and O–H groups in total. The van der Waals surface area contributed by atoms with Crippen molar-refractivity contribution < 1.29 is 0 Å². The maximum Gasteiger partial charge on any atom is 0.231 e. The van der Waals surface area contributed by atoms with Crippen LogP contribution in [0.5, 0.6) is 0 Å². The van der Waals surface area contributed by atoms with Crippen LogP contribution in [0.1, 0.15) is 51.9 Å². The lowest BCUT2D eigenvalue weighted by Crippen LogP contribution is -2.28. The van der Waals surface area contributed by atoms with E-state index in [1.54, 1.807) is 0 Å². The maximum atomic E-state index is 5.84. The first-order chi connectivity index (χ1) is 10.5. The summed E-state index contributed by atoms with van der Waals surface area (Å²) in [5.41, 5.74) is 11.6. The molecule has 1 aliphatic carbocycles. The van der Waals surface area contributed by atoms with Gasteiger partial charge in [-0.05, 0) is 26.2 Å². The van der Waals surface area contributed by atoms with Gasteiger partial charge in [0.25, 0.3) is 0 Å². The topological polar surface area (TPSA) is 106 Å². The number of nitrogens with one attached hydrogen (secondary N) is 1. The Balaban J connectivity index is 2.02. The average Bonchev–Trinajstić information content (AvgIpc) is 2.72. The molecular formula is C15H29N7. The van der Waals surface area contributed by atoms with Crippen molar-refractivity contribution in [3.8, 4) is 0 Å². The van der Waals surface area contributed by atoms with Gasteiger partial charge >= 0.3 is 0 Å². The molecule has 1 heterocycles. The van der Waals surface area contributed by atoms with Crippen LogP contribution in [-0.2, 0) is 0 Å². The van der Waals surface area contributed by atoms with E-state index >= 15 is 0 Å². The monoisotopic (exact) mass is 307 g/mol. The second-order valence-electron chi connectivity index (χ2n) is 6.34. The number of nitrogen functional groups attached to an aromatic ring is 1. The number of hydrogen-bond acceptors (Lipinski definition) is 7. The van der Waals surface area contributed by atoms with Gasteiger partial charge in [0.05, 0.1) is 0 Å². The van der Waals surface area contributed by atoms with Crippen LogP contribution < -0.4 is 21.7 Å². The summed E-state index contributed by atoms with van der Waals surface area (Å²) in [7, 11) is 1.95. The minimum absolute atomic E-state index is 0.158. The third-order valence-electron chi connectivity index (χ3n) is 4.09. The third-order valence-corrected chi connectivity index (χ3v) is 4.09. The summed E-state index contributed by atoms with van der Waals surface area (Å²) < 4.78 is 0. The lowest BCUT2D eigenvalue weighted by atomic mass is 10.1. The molecule has 0 spiro atoms. The van der Waals surface area contributed by atoms with Gasteiger partial charge in [0.2, 0.25) is 17.8 Å².